The molecule has 0 spiro atoms. The molecule has 4 fully saturated rings. The van der Waals surface area contributed by atoms with Crippen LogP contribution in [0.3, 0.4) is 0 Å². The summed E-state index contributed by atoms with van der Waals surface area (Å²) in [4.78, 5) is 2.50. The lowest BCUT2D eigenvalue weighted by atomic mass is 9.47. The van der Waals surface area contributed by atoms with Crippen molar-refractivity contribution in [1.82, 2.24) is 4.90 Å². The Morgan fingerprint density at radius 1 is 0.714 bits per heavy atom. The molecule has 366 valence electrons. The predicted molar refractivity (Wildman–Crippen MR) is 265 cm³/mol. The molecule has 0 N–H and O–H groups in total. The van der Waals surface area contributed by atoms with Crippen molar-refractivity contribution in [2.24, 2.45) is 46.3 Å². The molecule has 0 aromatic heterocycles. The molecule has 6 heteroatoms. The minimum Gasteiger partial charge on any atom is -0.379 e. The molecule has 9 unspecified atom stereocenters. The van der Waals surface area contributed by atoms with E-state index < -0.39 is 0 Å². The maximum atomic E-state index is 6.52. The lowest BCUT2D eigenvalue weighted by molar-refractivity contribution is -0.0728. The molecule has 5 rings (SSSR count). The summed E-state index contributed by atoms with van der Waals surface area (Å²) in [5.74, 6) is 5.35. The number of morpholine rings is 1. The second kappa shape index (κ2) is 29.9. The predicted octanol–water partition coefficient (Wildman–Crippen LogP) is 14.6. The highest BCUT2D eigenvalue weighted by molar-refractivity contribution is 5.25. The van der Waals surface area contributed by atoms with Gasteiger partial charge < -0.3 is 23.7 Å². The fourth-order valence-corrected chi connectivity index (χ4v) is 13.5. The first kappa shape index (κ1) is 53.2. The number of allylic oxidation sites excluding steroid dienone is 3. The van der Waals surface area contributed by atoms with Crippen LogP contribution in [0.4, 0.5) is 0 Å². The third-order valence-corrected chi connectivity index (χ3v) is 17.4. The third-order valence-electron chi connectivity index (χ3n) is 17.4. The molecule has 0 bridgehead atoms. The summed E-state index contributed by atoms with van der Waals surface area (Å²) in [5.41, 5.74) is 2.67. The summed E-state index contributed by atoms with van der Waals surface area (Å²) in [6.45, 7) is 23.9. The maximum Gasteiger partial charge on any atom is 0.0821 e. The van der Waals surface area contributed by atoms with E-state index in [2.05, 4.69) is 64.7 Å². The minimum atomic E-state index is 0.109. The number of fused-ring (bicyclic) bond motifs is 5. The Morgan fingerprint density at radius 2 is 1.43 bits per heavy atom. The highest BCUT2D eigenvalue weighted by atomic mass is 16.6. The molecule has 3 saturated carbocycles. The zero-order valence-electron chi connectivity index (χ0n) is 42.5. The van der Waals surface area contributed by atoms with Crippen molar-refractivity contribution in [3.05, 3.63) is 23.8 Å². The molecule has 63 heavy (non-hydrogen) atoms. The van der Waals surface area contributed by atoms with Crippen LogP contribution in [0.15, 0.2) is 23.8 Å². The standard InChI is InChI=1S/C57H103NO5/c1-7-8-9-10-11-12-13-14-15-16-17-18-19-20-21-22-38-61-46-51(32-35-58-36-39-59-40-37-58)63-44-42-60-41-43-62-50-30-33-56(5)49(45-50)26-27-52-54-29-28-53(48(4)25-23-24-47(2)3)57(54,6)34-31-55(52)56/h14-15,26,47-48,50-55H,7-13,16-25,27-46H2,1-6H3. The van der Waals surface area contributed by atoms with Crippen LogP contribution < -0.4 is 0 Å². The zero-order chi connectivity index (χ0) is 44.6. The summed E-state index contributed by atoms with van der Waals surface area (Å²) in [5, 5.41) is 0. The molecule has 6 nitrogen and oxygen atoms in total. The van der Waals surface area contributed by atoms with E-state index in [0.717, 1.165) is 94.2 Å². The van der Waals surface area contributed by atoms with Crippen LogP contribution in [0.1, 0.15) is 208 Å². The number of ether oxygens (including phenoxy) is 5. The van der Waals surface area contributed by atoms with Gasteiger partial charge in [-0.3, -0.25) is 4.90 Å². The molecule has 1 aliphatic heterocycles. The highest BCUT2D eigenvalue weighted by Crippen LogP contribution is 2.67. The lowest BCUT2D eigenvalue weighted by Crippen LogP contribution is -2.51. The van der Waals surface area contributed by atoms with E-state index >= 15 is 0 Å². The number of rotatable bonds is 34. The smallest absolute Gasteiger partial charge is 0.0821 e. The fourth-order valence-electron chi connectivity index (χ4n) is 13.5. The molecular weight excluding hydrogens is 779 g/mol. The maximum absolute atomic E-state index is 6.52. The monoisotopic (exact) mass is 882 g/mol. The van der Waals surface area contributed by atoms with Crippen LogP contribution in [0.2, 0.25) is 0 Å². The van der Waals surface area contributed by atoms with Gasteiger partial charge in [0.2, 0.25) is 0 Å². The van der Waals surface area contributed by atoms with Crippen LogP contribution >= 0.6 is 0 Å². The van der Waals surface area contributed by atoms with E-state index in [1.54, 1.807) is 5.57 Å². The van der Waals surface area contributed by atoms with Crippen LogP contribution in [-0.2, 0) is 23.7 Å². The van der Waals surface area contributed by atoms with Gasteiger partial charge in [0.25, 0.3) is 0 Å². The van der Waals surface area contributed by atoms with Crippen molar-refractivity contribution < 1.29 is 23.7 Å². The van der Waals surface area contributed by atoms with Gasteiger partial charge in [-0.25, -0.2) is 0 Å². The van der Waals surface area contributed by atoms with Crippen molar-refractivity contribution in [2.45, 2.75) is 221 Å². The molecule has 0 radical (unpaired) electrons. The van der Waals surface area contributed by atoms with Gasteiger partial charge in [0.1, 0.15) is 0 Å². The van der Waals surface area contributed by atoms with Gasteiger partial charge in [-0.15, -0.1) is 0 Å². The Morgan fingerprint density at radius 3 is 2.17 bits per heavy atom. The molecule has 1 saturated heterocycles. The molecule has 0 aromatic carbocycles. The summed E-state index contributed by atoms with van der Waals surface area (Å²) >= 11 is 0. The summed E-state index contributed by atoms with van der Waals surface area (Å²) in [6.07, 6.45) is 42.7. The minimum absolute atomic E-state index is 0.109. The number of hydrogen-bond donors (Lipinski definition) is 0. The SMILES string of the molecule is CCCCCCCCC=CCCCCCCCCOCC(CCN1CCOCC1)OCCOCCOC1CCC2(C)C(=CCC3C2CCC2(C)C(C(C)CCCC(C)C)CCC32)C1. The highest BCUT2D eigenvalue weighted by Gasteiger charge is 2.59. The molecule has 5 aliphatic rings. The normalized spacial score (nSPS) is 29.8. The summed E-state index contributed by atoms with van der Waals surface area (Å²) < 4.78 is 30.8. The Balaban J connectivity index is 0.912. The molecule has 9 atom stereocenters. The van der Waals surface area contributed by atoms with Gasteiger partial charge >= 0.3 is 0 Å². The quantitative estimate of drug-likeness (QED) is 0.0474. The van der Waals surface area contributed by atoms with E-state index in [-0.39, 0.29) is 6.10 Å². The lowest BCUT2D eigenvalue weighted by Gasteiger charge is -2.58. The van der Waals surface area contributed by atoms with Gasteiger partial charge in [0.15, 0.2) is 0 Å². The Labute approximate surface area is 390 Å². The number of unbranched alkanes of at least 4 members (excludes halogenated alkanes) is 12. The van der Waals surface area contributed by atoms with Crippen LogP contribution in [0, 0.1) is 46.3 Å². The van der Waals surface area contributed by atoms with E-state index in [1.165, 1.54) is 148 Å². The second-order valence-corrected chi connectivity index (χ2v) is 22.4. The Bertz CT molecular complexity index is 1250. The van der Waals surface area contributed by atoms with E-state index in [9.17, 15) is 0 Å². The van der Waals surface area contributed by atoms with Crippen LogP contribution in [-0.4, -0.2) is 89.6 Å². The zero-order valence-corrected chi connectivity index (χ0v) is 42.5. The summed E-state index contributed by atoms with van der Waals surface area (Å²) in [7, 11) is 0. The van der Waals surface area contributed by atoms with E-state index in [4.69, 9.17) is 23.7 Å². The Hall–Kier alpha value is -0.760. The first-order chi connectivity index (χ1) is 30.7. The largest absolute Gasteiger partial charge is 0.379 e. The number of nitrogens with zero attached hydrogens (tertiary/aromatic N) is 1. The van der Waals surface area contributed by atoms with Crippen molar-refractivity contribution in [2.75, 3.05) is 72.5 Å². The molecular formula is C57H103NO5. The number of hydrogen-bond acceptors (Lipinski definition) is 6. The molecule has 1 heterocycles. The van der Waals surface area contributed by atoms with Crippen molar-refractivity contribution in [3.63, 3.8) is 0 Å². The fraction of sp³-hybridized carbons (Fsp3) is 0.930. The van der Waals surface area contributed by atoms with E-state index in [0.29, 0.717) is 50.0 Å². The van der Waals surface area contributed by atoms with Crippen LogP contribution in [0.25, 0.3) is 0 Å². The van der Waals surface area contributed by atoms with E-state index in [1.807, 2.05) is 0 Å². The van der Waals surface area contributed by atoms with Crippen molar-refractivity contribution in [1.29, 1.82) is 0 Å². The molecule has 0 aromatic rings. The van der Waals surface area contributed by atoms with Gasteiger partial charge in [0, 0.05) is 26.2 Å². The average molecular weight is 882 g/mol. The van der Waals surface area contributed by atoms with Gasteiger partial charge in [-0.1, -0.05) is 142 Å². The first-order valence-electron chi connectivity index (χ1n) is 27.8. The van der Waals surface area contributed by atoms with Gasteiger partial charge in [-0.2, -0.15) is 0 Å². The van der Waals surface area contributed by atoms with Gasteiger partial charge in [-0.05, 0) is 136 Å². The first-order valence-corrected chi connectivity index (χ1v) is 27.8. The topological polar surface area (TPSA) is 49.4 Å². The summed E-state index contributed by atoms with van der Waals surface area (Å²) in [6, 6.07) is 0. The van der Waals surface area contributed by atoms with Crippen molar-refractivity contribution in [3.8, 4) is 0 Å². The van der Waals surface area contributed by atoms with Gasteiger partial charge in [0.05, 0.1) is 58.5 Å². The van der Waals surface area contributed by atoms with Crippen molar-refractivity contribution >= 4 is 0 Å². The average Bonchev–Trinajstić information content (AvgIpc) is 3.64. The molecule has 0 amide bonds. The Kier molecular flexibility index (Phi) is 25.2. The second-order valence-electron chi connectivity index (χ2n) is 22.4. The third kappa shape index (κ3) is 17.7. The van der Waals surface area contributed by atoms with Crippen LogP contribution in [0.5, 0.6) is 0 Å². The molecule has 4 aliphatic carbocycles.